The van der Waals surface area contributed by atoms with Gasteiger partial charge in [0.1, 0.15) is 5.75 Å². The highest BCUT2D eigenvalue weighted by atomic mass is 16.5. The van der Waals surface area contributed by atoms with Crippen LogP contribution in [-0.4, -0.2) is 20.7 Å². The Balaban J connectivity index is 2.22. The molecule has 1 aromatic rings. The van der Waals surface area contributed by atoms with Crippen LogP contribution in [0.3, 0.4) is 0 Å². The van der Waals surface area contributed by atoms with Crippen LogP contribution in [0.5, 0.6) is 5.75 Å². The maximum atomic E-state index is 5.20. The summed E-state index contributed by atoms with van der Waals surface area (Å²) in [4.78, 5) is 0. The Labute approximate surface area is 84.6 Å². The minimum atomic E-state index is 0.947. The van der Waals surface area contributed by atoms with Crippen LogP contribution < -0.4 is 10.1 Å². The van der Waals surface area contributed by atoms with Crippen LogP contribution in [0, 0.1) is 0 Å². The van der Waals surface area contributed by atoms with E-state index in [2.05, 4.69) is 23.5 Å². The molecule has 2 rings (SSSR count). The summed E-state index contributed by atoms with van der Waals surface area (Å²) >= 11 is 0. The fourth-order valence-corrected chi connectivity index (χ4v) is 1.86. The fourth-order valence-electron chi connectivity index (χ4n) is 1.86. The minimum absolute atomic E-state index is 0.947. The molecule has 0 saturated heterocycles. The lowest BCUT2D eigenvalue weighted by atomic mass is 10.1. The van der Waals surface area contributed by atoms with E-state index in [9.17, 15) is 0 Å². The Hall–Kier alpha value is -1.28. The molecule has 2 heteroatoms. The first-order valence-corrected chi connectivity index (χ1v) is 4.84. The van der Waals surface area contributed by atoms with Gasteiger partial charge in [0.05, 0.1) is 7.11 Å². The minimum Gasteiger partial charge on any atom is -0.497 e. The molecule has 0 aliphatic heterocycles. The Bertz CT molecular complexity index is 369. The van der Waals surface area contributed by atoms with Crippen LogP contribution in [0.25, 0.3) is 6.08 Å². The first-order chi connectivity index (χ1) is 6.83. The van der Waals surface area contributed by atoms with Crippen molar-refractivity contribution in [3.63, 3.8) is 0 Å². The summed E-state index contributed by atoms with van der Waals surface area (Å²) in [5, 5.41) is 3.17. The van der Waals surface area contributed by atoms with Gasteiger partial charge in [-0.05, 0) is 36.7 Å². The second-order valence-corrected chi connectivity index (χ2v) is 3.57. The lowest BCUT2D eigenvalue weighted by Crippen LogP contribution is -2.10. The third-order valence-corrected chi connectivity index (χ3v) is 2.53. The monoisotopic (exact) mass is 189 g/mol. The van der Waals surface area contributed by atoms with Gasteiger partial charge in [-0.25, -0.2) is 0 Å². The third kappa shape index (κ3) is 1.66. The normalized spacial score (nSPS) is 13.7. The van der Waals surface area contributed by atoms with Gasteiger partial charge in [-0.2, -0.15) is 0 Å². The number of hydrogen-bond donors (Lipinski definition) is 1. The van der Waals surface area contributed by atoms with E-state index in [0.717, 1.165) is 18.7 Å². The van der Waals surface area contributed by atoms with Crippen molar-refractivity contribution in [2.75, 3.05) is 20.7 Å². The van der Waals surface area contributed by atoms with Gasteiger partial charge in [0.15, 0.2) is 0 Å². The number of likely N-dealkylation sites (N-methyl/N-ethyl adjacent to an activating group) is 1. The second kappa shape index (κ2) is 3.84. The van der Waals surface area contributed by atoms with E-state index in [1.807, 2.05) is 13.1 Å². The van der Waals surface area contributed by atoms with Crippen molar-refractivity contribution >= 4 is 6.08 Å². The molecule has 0 amide bonds. The van der Waals surface area contributed by atoms with E-state index in [-0.39, 0.29) is 0 Å². The van der Waals surface area contributed by atoms with Crippen molar-refractivity contribution in [2.24, 2.45) is 0 Å². The lowest BCUT2D eigenvalue weighted by molar-refractivity contribution is 0.414. The molecule has 0 heterocycles. The highest BCUT2D eigenvalue weighted by Crippen LogP contribution is 2.27. The van der Waals surface area contributed by atoms with Gasteiger partial charge in [0.2, 0.25) is 0 Å². The molecule has 2 nitrogen and oxygen atoms in total. The zero-order chi connectivity index (χ0) is 9.97. The Morgan fingerprint density at radius 2 is 2.29 bits per heavy atom. The zero-order valence-electron chi connectivity index (χ0n) is 8.63. The Morgan fingerprint density at radius 3 is 3.00 bits per heavy atom. The van der Waals surface area contributed by atoms with Crippen LogP contribution >= 0.6 is 0 Å². The van der Waals surface area contributed by atoms with E-state index in [4.69, 9.17) is 4.74 Å². The van der Waals surface area contributed by atoms with Crippen LogP contribution in [0.4, 0.5) is 0 Å². The fraction of sp³-hybridized carbons (Fsp3) is 0.333. The van der Waals surface area contributed by atoms with E-state index in [1.54, 1.807) is 7.11 Å². The summed E-state index contributed by atoms with van der Waals surface area (Å²) in [6, 6.07) is 6.25. The number of ether oxygens (including phenoxy) is 1. The van der Waals surface area contributed by atoms with Gasteiger partial charge in [0, 0.05) is 6.54 Å². The number of rotatable bonds is 3. The first-order valence-electron chi connectivity index (χ1n) is 4.84. The van der Waals surface area contributed by atoms with Crippen LogP contribution in [0.1, 0.15) is 11.1 Å². The molecule has 1 aromatic carbocycles. The van der Waals surface area contributed by atoms with E-state index in [0.29, 0.717) is 0 Å². The summed E-state index contributed by atoms with van der Waals surface area (Å²) < 4.78 is 5.20. The predicted octanol–water partition coefficient (Wildman–Crippen LogP) is 1.85. The quantitative estimate of drug-likeness (QED) is 0.783. The number of benzene rings is 1. The highest BCUT2D eigenvalue weighted by molar-refractivity contribution is 5.65. The average Bonchev–Trinajstić information content (AvgIpc) is 2.59. The van der Waals surface area contributed by atoms with Gasteiger partial charge in [-0.3, -0.25) is 0 Å². The van der Waals surface area contributed by atoms with Crippen molar-refractivity contribution in [2.45, 2.75) is 6.42 Å². The van der Waals surface area contributed by atoms with Crippen molar-refractivity contribution in [3.05, 3.63) is 34.9 Å². The Kier molecular flexibility index (Phi) is 2.55. The molecule has 1 aliphatic rings. The summed E-state index contributed by atoms with van der Waals surface area (Å²) in [6.07, 6.45) is 3.30. The summed E-state index contributed by atoms with van der Waals surface area (Å²) in [5.74, 6) is 0.947. The molecular weight excluding hydrogens is 174 g/mol. The topological polar surface area (TPSA) is 21.3 Å². The van der Waals surface area contributed by atoms with Gasteiger partial charge >= 0.3 is 0 Å². The van der Waals surface area contributed by atoms with E-state index in [1.165, 1.54) is 16.7 Å². The molecule has 0 spiro atoms. The molecule has 0 aromatic heterocycles. The molecular formula is C12H15NO. The SMILES string of the molecule is CNCC1=Cc2ccc(OC)cc2C1. The van der Waals surface area contributed by atoms with Gasteiger partial charge in [0.25, 0.3) is 0 Å². The maximum Gasteiger partial charge on any atom is 0.119 e. The van der Waals surface area contributed by atoms with Gasteiger partial charge in [-0.1, -0.05) is 17.7 Å². The molecule has 0 saturated carbocycles. The molecule has 74 valence electrons. The average molecular weight is 189 g/mol. The van der Waals surface area contributed by atoms with Crippen molar-refractivity contribution in [1.29, 1.82) is 0 Å². The molecule has 0 unspecified atom stereocenters. The summed E-state index contributed by atoms with van der Waals surface area (Å²) in [6.45, 7) is 0.969. The van der Waals surface area contributed by atoms with Gasteiger partial charge < -0.3 is 10.1 Å². The van der Waals surface area contributed by atoms with Crippen molar-refractivity contribution in [1.82, 2.24) is 5.32 Å². The first kappa shape index (κ1) is 9.28. The summed E-state index contributed by atoms with van der Waals surface area (Å²) in [5.41, 5.74) is 4.14. The van der Waals surface area contributed by atoms with E-state index >= 15 is 0 Å². The largest absolute Gasteiger partial charge is 0.497 e. The smallest absolute Gasteiger partial charge is 0.119 e. The second-order valence-electron chi connectivity index (χ2n) is 3.57. The maximum absolute atomic E-state index is 5.20. The molecule has 0 atom stereocenters. The number of hydrogen-bond acceptors (Lipinski definition) is 2. The highest BCUT2D eigenvalue weighted by Gasteiger charge is 2.12. The third-order valence-electron chi connectivity index (χ3n) is 2.53. The molecule has 1 aliphatic carbocycles. The lowest BCUT2D eigenvalue weighted by Gasteiger charge is -2.03. The van der Waals surface area contributed by atoms with Crippen molar-refractivity contribution < 1.29 is 4.74 Å². The zero-order valence-corrected chi connectivity index (χ0v) is 8.63. The molecule has 0 fully saturated rings. The predicted molar refractivity (Wildman–Crippen MR) is 58.6 cm³/mol. The van der Waals surface area contributed by atoms with Crippen molar-refractivity contribution in [3.8, 4) is 5.75 Å². The number of fused-ring (bicyclic) bond motifs is 1. The van der Waals surface area contributed by atoms with E-state index < -0.39 is 0 Å². The molecule has 0 radical (unpaired) electrons. The van der Waals surface area contributed by atoms with Crippen LogP contribution in [0.2, 0.25) is 0 Å². The molecule has 14 heavy (non-hydrogen) atoms. The Morgan fingerprint density at radius 1 is 1.43 bits per heavy atom. The number of nitrogens with one attached hydrogen (secondary N) is 1. The number of methoxy groups -OCH3 is 1. The molecule has 1 N–H and O–H groups in total. The van der Waals surface area contributed by atoms with Gasteiger partial charge in [-0.15, -0.1) is 0 Å². The molecule has 0 bridgehead atoms. The van der Waals surface area contributed by atoms with Crippen LogP contribution in [-0.2, 0) is 6.42 Å². The summed E-state index contributed by atoms with van der Waals surface area (Å²) in [7, 11) is 3.68. The standard InChI is InChI=1S/C12H15NO/c1-13-8-9-5-10-3-4-12(14-2)7-11(10)6-9/h3-5,7,13H,6,8H2,1-2H3. The van der Waals surface area contributed by atoms with Crippen LogP contribution in [0.15, 0.2) is 23.8 Å².